The van der Waals surface area contributed by atoms with Crippen molar-refractivity contribution in [2.24, 2.45) is 0 Å². The molecule has 0 atom stereocenters. The van der Waals surface area contributed by atoms with Crippen molar-refractivity contribution in [2.45, 2.75) is 19.8 Å². The summed E-state index contributed by atoms with van der Waals surface area (Å²) >= 11 is 5.10. The van der Waals surface area contributed by atoms with Crippen molar-refractivity contribution in [2.75, 3.05) is 11.9 Å². The molecule has 0 aliphatic rings. The molecule has 0 aliphatic heterocycles. The van der Waals surface area contributed by atoms with Crippen LogP contribution in [0.25, 0.3) is 0 Å². The van der Waals surface area contributed by atoms with E-state index < -0.39 is 0 Å². The standard InChI is InChI=1S/C10H15N3S/c1-2-3-7-12-10(14)13-9-5-4-6-11-8-9/h4-6,8H,2-3,7H2,1H3,(H2,12,13,14). The van der Waals surface area contributed by atoms with Crippen molar-refractivity contribution in [3.05, 3.63) is 24.5 Å². The normalized spacial score (nSPS) is 9.50. The zero-order chi connectivity index (χ0) is 10.2. The molecule has 0 fully saturated rings. The van der Waals surface area contributed by atoms with Gasteiger partial charge in [0.2, 0.25) is 0 Å². The summed E-state index contributed by atoms with van der Waals surface area (Å²) < 4.78 is 0. The highest BCUT2D eigenvalue weighted by molar-refractivity contribution is 7.80. The van der Waals surface area contributed by atoms with Crippen LogP contribution in [0.5, 0.6) is 0 Å². The third-order valence-corrected chi connectivity index (χ3v) is 1.98. The predicted molar refractivity (Wildman–Crippen MR) is 63.4 cm³/mol. The van der Waals surface area contributed by atoms with Crippen molar-refractivity contribution >= 4 is 23.0 Å². The Bertz CT molecular complexity index is 274. The first kappa shape index (κ1) is 10.9. The van der Waals surface area contributed by atoms with Gasteiger partial charge in [-0.25, -0.2) is 0 Å². The second-order valence-corrected chi connectivity index (χ2v) is 3.38. The minimum absolute atomic E-state index is 0.659. The lowest BCUT2D eigenvalue weighted by molar-refractivity contribution is 0.758. The quantitative estimate of drug-likeness (QED) is 0.588. The van der Waals surface area contributed by atoms with Crippen molar-refractivity contribution < 1.29 is 0 Å². The molecule has 0 unspecified atom stereocenters. The summed E-state index contributed by atoms with van der Waals surface area (Å²) in [4.78, 5) is 3.98. The van der Waals surface area contributed by atoms with Crippen molar-refractivity contribution in [1.29, 1.82) is 0 Å². The van der Waals surface area contributed by atoms with Gasteiger partial charge in [0.25, 0.3) is 0 Å². The first-order valence-corrected chi connectivity index (χ1v) is 5.18. The molecule has 3 nitrogen and oxygen atoms in total. The molecule has 0 radical (unpaired) electrons. The number of thiocarbonyl (C=S) groups is 1. The zero-order valence-corrected chi connectivity index (χ0v) is 9.10. The van der Waals surface area contributed by atoms with E-state index in [9.17, 15) is 0 Å². The number of unbranched alkanes of at least 4 members (excludes halogenated alkanes) is 1. The Balaban J connectivity index is 2.27. The number of hydrogen-bond acceptors (Lipinski definition) is 2. The van der Waals surface area contributed by atoms with E-state index in [0.29, 0.717) is 5.11 Å². The molecular formula is C10H15N3S. The van der Waals surface area contributed by atoms with Crippen molar-refractivity contribution in [3.8, 4) is 0 Å². The summed E-state index contributed by atoms with van der Waals surface area (Å²) in [5.74, 6) is 0. The molecule has 0 aliphatic carbocycles. The van der Waals surface area contributed by atoms with E-state index >= 15 is 0 Å². The van der Waals surface area contributed by atoms with E-state index in [-0.39, 0.29) is 0 Å². The fourth-order valence-electron chi connectivity index (χ4n) is 0.991. The van der Waals surface area contributed by atoms with E-state index in [1.807, 2.05) is 12.1 Å². The Morgan fingerprint density at radius 1 is 1.57 bits per heavy atom. The molecule has 14 heavy (non-hydrogen) atoms. The first-order valence-electron chi connectivity index (χ1n) is 4.78. The number of anilines is 1. The average Bonchev–Trinajstić information content (AvgIpc) is 2.20. The minimum atomic E-state index is 0.659. The van der Waals surface area contributed by atoms with Gasteiger partial charge in [-0.2, -0.15) is 0 Å². The van der Waals surface area contributed by atoms with Gasteiger partial charge in [-0.1, -0.05) is 13.3 Å². The van der Waals surface area contributed by atoms with Crippen LogP contribution in [0.4, 0.5) is 5.69 Å². The van der Waals surface area contributed by atoms with E-state index in [1.54, 1.807) is 12.4 Å². The van der Waals surface area contributed by atoms with Gasteiger partial charge in [0.05, 0.1) is 11.9 Å². The second-order valence-electron chi connectivity index (χ2n) is 2.98. The molecule has 0 aromatic carbocycles. The van der Waals surface area contributed by atoms with Crippen LogP contribution in [0.2, 0.25) is 0 Å². The topological polar surface area (TPSA) is 37.0 Å². The summed E-state index contributed by atoms with van der Waals surface area (Å²) in [5, 5.41) is 6.84. The number of rotatable bonds is 4. The Morgan fingerprint density at radius 3 is 3.07 bits per heavy atom. The zero-order valence-electron chi connectivity index (χ0n) is 8.29. The lowest BCUT2D eigenvalue weighted by Gasteiger charge is -2.08. The van der Waals surface area contributed by atoms with E-state index in [2.05, 4.69) is 22.5 Å². The summed E-state index contributed by atoms with van der Waals surface area (Å²) in [6.45, 7) is 3.07. The summed E-state index contributed by atoms with van der Waals surface area (Å²) in [6, 6.07) is 3.80. The third-order valence-electron chi connectivity index (χ3n) is 1.74. The third kappa shape index (κ3) is 4.18. The molecule has 1 rings (SSSR count). The van der Waals surface area contributed by atoms with Gasteiger partial charge in [-0.3, -0.25) is 4.98 Å². The Hall–Kier alpha value is -1.16. The summed E-state index contributed by atoms with van der Waals surface area (Å²) in [7, 11) is 0. The van der Waals surface area contributed by atoms with Crippen LogP contribution in [0.3, 0.4) is 0 Å². The van der Waals surface area contributed by atoms with Crippen LogP contribution in [-0.2, 0) is 0 Å². The SMILES string of the molecule is CCCCNC(=S)Nc1cccnc1. The van der Waals surface area contributed by atoms with Crippen molar-refractivity contribution in [1.82, 2.24) is 10.3 Å². The van der Waals surface area contributed by atoms with Crippen LogP contribution in [0.1, 0.15) is 19.8 Å². The van der Waals surface area contributed by atoms with Crippen LogP contribution < -0.4 is 10.6 Å². The molecule has 2 N–H and O–H groups in total. The highest BCUT2D eigenvalue weighted by atomic mass is 32.1. The molecule has 1 aromatic rings. The molecule has 1 heterocycles. The number of aromatic nitrogens is 1. The summed E-state index contributed by atoms with van der Waals surface area (Å²) in [5.41, 5.74) is 0.918. The lowest BCUT2D eigenvalue weighted by atomic mass is 10.3. The van der Waals surface area contributed by atoms with Gasteiger partial charge in [0.1, 0.15) is 0 Å². The fraction of sp³-hybridized carbons (Fsp3) is 0.400. The molecule has 0 bridgehead atoms. The predicted octanol–water partition coefficient (Wildman–Crippen LogP) is 2.17. The van der Waals surface area contributed by atoms with E-state index in [4.69, 9.17) is 12.2 Å². The number of hydrogen-bond donors (Lipinski definition) is 2. The maximum absolute atomic E-state index is 5.10. The average molecular weight is 209 g/mol. The van der Waals surface area contributed by atoms with E-state index in [1.165, 1.54) is 6.42 Å². The van der Waals surface area contributed by atoms with Crippen LogP contribution >= 0.6 is 12.2 Å². The highest BCUT2D eigenvalue weighted by Gasteiger charge is 1.95. The van der Waals surface area contributed by atoms with Gasteiger partial charge in [-0.15, -0.1) is 0 Å². The summed E-state index contributed by atoms with van der Waals surface area (Å²) in [6.07, 6.45) is 5.78. The Labute approximate surface area is 89.9 Å². The number of nitrogens with zero attached hydrogens (tertiary/aromatic N) is 1. The molecule has 0 saturated heterocycles. The fourth-order valence-corrected chi connectivity index (χ4v) is 1.21. The molecule has 0 saturated carbocycles. The lowest BCUT2D eigenvalue weighted by Crippen LogP contribution is -2.29. The highest BCUT2D eigenvalue weighted by Crippen LogP contribution is 2.01. The Morgan fingerprint density at radius 2 is 2.43 bits per heavy atom. The Kier molecular flexibility index (Phi) is 4.93. The minimum Gasteiger partial charge on any atom is -0.362 e. The number of pyridine rings is 1. The van der Waals surface area contributed by atoms with Crippen LogP contribution in [-0.4, -0.2) is 16.6 Å². The molecular weight excluding hydrogens is 194 g/mol. The van der Waals surface area contributed by atoms with Gasteiger partial charge in [0.15, 0.2) is 5.11 Å². The second kappa shape index (κ2) is 6.32. The van der Waals surface area contributed by atoms with Gasteiger partial charge < -0.3 is 10.6 Å². The maximum atomic E-state index is 5.10. The molecule has 76 valence electrons. The van der Waals surface area contributed by atoms with Gasteiger partial charge in [0, 0.05) is 12.7 Å². The molecule has 0 amide bonds. The van der Waals surface area contributed by atoms with Crippen molar-refractivity contribution in [3.63, 3.8) is 0 Å². The van der Waals surface area contributed by atoms with Gasteiger partial charge in [-0.05, 0) is 30.8 Å². The van der Waals surface area contributed by atoms with E-state index in [0.717, 1.165) is 18.7 Å². The first-order chi connectivity index (χ1) is 6.83. The molecule has 4 heteroatoms. The smallest absolute Gasteiger partial charge is 0.170 e. The molecule has 1 aromatic heterocycles. The van der Waals surface area contributed by atoms with Gasteiger partial charge >= 0.3 is 0 Å². The van der Waals surface area contributed by atoms with Crippen LogP contribution in [0.15, 0.2) is 24.5 Å². The largest absolute Gasteiger partial charge is 0.362 e. The van der Waals surface area contributed by atoms with Crippen LogP contribution in [0, 0.1) is 0 Å². The molecule has 0 spiro atoms. The maximum Gasteiger partial charge on any atom is 0.170 e. The monoisotopic (exact) mass is 209 g/mol. The number of nitrogens with one attached hydrogen (secondary N) is 2.